The molecule has 1 radical (unpaired) electrons. The zero-order chi connectivity index (χ0) is 18.0. The van der Waals surface area contributed by atoms with Crippen molar-refractivity contribution in [1.82, 2.24) is 0 Å². The molecule has 0 spiro atoms. The summed E-state index contributed by atoms with van der Waals surface area (Å²) < 4.78 is 0. The standard InChI is InChI=1S/C22H21O2S.Y/c1-14-12-19(23)21(20(13-14)25-17-9-5-4-6-10-17)22(24)18-11-7-8-15(2)16(18)3;/h4-7,9-11,14H,12-13H2,1-3H3;/q-1;. The second-order valence-electron chi connectivity index (χ2n) is 6.62. The summed E-state index contributed by atoms with van der Waals surface area (Å²) in [7, 11) is 0. The summed E-state index contributed by atoms with van der Waals surface area (Å²) in [6.07, 6.45) is 1.21. The quantitative estimate of drug-likeness (QED) is 0.368. The molecule has 1 atom stereocenters. The van der Waals surface area contributed by atoms with E-state index in [0.29, 0.717) is 17.6 Å². The zero-order valence-corrected chi connectivity index (χ0v) is 19.0. The van der Waals surface area contributed by atoms with Crippen LogP contribution >= 0.6 is 11.8 Å². The number of ketones is 2. The minimum atomic E-state index is -0.148. The molecule has 3 rings (SSSR count). The first-order valence-corrected chi connectivity index (χ1v) is 9.31. The molecule has 4 heteroatoms. The molecule has 2 aromatic rings. The van der Waals surface area contributed by atoms with E-state index in [0.717, 1.165) is 27.3 Å². The predicted octanol–water partition coefficient (Wildman–Crippen LogP) is 5.33. The average Bonchev–Trinajstić information content (AvgIpc) is 2.57. The van der Waals surface area contributed by atoms with Gasteiger partial charge in [0.05, 0.1) is 5.57 Å². The van der Waals surface area contributed by atoms with E-state index in [2.05, 4.69) is 13.0 Å². The largest absolute Gasteiger partial charge is 0.294 e. The van der Waals surface area contributed by atoms with E-state index in [1.165, 1.54) is 0 Å². The van der Waals surface area contributed by atoms with Crippen molar-refractivity contribution in [3.63, 3.8) is 0 Å². The number of thioether (sulfide) groups is 1. The number of rotatable bonds is 4. The van der Waals surface area contributed by atoms with Gasteiger partial charge in [0.25, 0.3) is 0 Å². The Balaban J connectivity index is 0.00000243. The Kier molecular flexibility index (Phi) is 7.57. The molecule has 1 unspecified atom stereocenters. The van der Waals surface area contributed by atoms with Crippen LogP contribution in [0.1, 0.15) is 41.3 Å². The Bertz CT molecular complexity index is 856. The van der Waals surface area contributed by atoms with Gasteiger partial charge in [0.15, 0.2) is 11.6 Å². The second kappa shape index (κ2) is 9.26. The number of carbonyl (C=O) groups is 2. The first kappa shape index (κ1) is 21.3. The molecule has 1 aliphatic carbocycles. The summed E-state index contributed by atoms with van der Waals surface area (Å²) in [5.41, 5.74) is 2.83. The molecular weight excluding hydrogens is 417 g/mol. The molecule has 0 aliphatic heterocycles. The minimum Gasteiger partial charge on any atom is -0.294 e. The third-order valence-corrected chi connectivity index (χ3v) is 5.72. The fraction of sp³-hybridized carbons (Fsp3) is 0.273. The van der Waals surface area contributed by atoms with Crippen LogP contribution in [0.5, 0.6) is 0 Å². The van der Waals surface area contributed by atoms with Crippen molar-refractivity contribution in [2.24, 2.45) is 5.92 Å². The van der Waals surface area contributed by atoms with Gasteiger partial charge in [-0.25, -0.2) is 0 Å². The number of allylic oxidation sites excluding steroid dienone is 2. The van der Waals surface area contributed by atoms with Crippen molar-refractivity contribution in [2.75, 3.05) is 0 Å². The van der Waals surface area contributed by atoms with Crippen LogP contribution in [-0.2, 0) is 37.5 Å². The number of carbonyl (C=O) groups excluding carboxylic acids is 2. The Morgan fingerprint density at radius 2 is 1.81 bits per heavy atom. The molecule has 0 N–H and O–H groups in total. The van der Waals surface area contributed by atoms with E-state index in [1.807, 2.05) is 44.2 Å². The molecular formula is C22H21O2SY-. The van der Waals surface area contributed by atoms with Gasteiger partial charge >= 0.3 is 0 Å². The van der Waals surface area contributed by atoms with Gasteiger partial charge in [-0.15, -0.1) is 5.56 Å². The van der Waals surface area contributed by atoms with Crippen LogP contribution in [0.3, 0.4) is 0 Å². The predicted molar refractivity (Wildman–Crippen MR) is 102 cm³/mol. The number of benzene rings is 2. The van der Waals surface area contributed by atoms with E-state index in [1.54, 1.807) is 23.9 Å². The van der Waals surface area contributed by atoms with Gasteiger partial charge < -0.3 is 0 Å². The Labute approximate surface area is 184 Å². The van der Waals surface area contributed by atoms with Gasteiger partial charge in [-0.1, -0.05) is 56.3 Å². The van der Waals surface area contributed by atoms with E-state index in [9.17, 15) is 9.59 Å². The summed E-state index contributed by atoms with van der Waals surface area (Å²) >= 11 is 1.54. The van der Waals surface area contributed by atoms with E-state index in [4.69, 9.17) is 0 Å². The van der Waals surface area contributed by atoms with Crippen LogP contribution < -0.4 is 0 Å². The van der Waals surface area contributed by atoms with Crippen LogP contribution in [0.2, 0.25) is 0 Å². The summed E-state index contributed by atoms with van der Waals surface area (Å²) in [6, 6.07) is 16.6. The molecule has 0 amide bonds. The van der Waals surface area contributed by atoms with Crippen molar-refractivity contribution < 1.29 is 42.3 Å². The van der Waals surface area contributed by atoms with Crippen LogP contribution in [0, 0.1) is 25.8 Å². The summed E-state index contributed by atoms with van der Waals surface area (Å²) in [4.78, 5) is 27.8. The number of aryl methyl sites for hydroxylation is 1. The van der Waals surface area contributed by atoms with Gasteiger partial charge in [0.1, 0.15) is 0 Å². The summed E-state index contributed by atoms with van der Waals surface area (Å²) in [5, 5.41) is 0. The van der Waals surface area contributed by atoms with Crippen LogP contribution in [0.4, 0.5) is 0 Å². The van der Waals surface area contributed by atoms with Crippen molar-refractivity contribution in [1.29, 1.82) is 0 Å². The minimum absolute atomic E-state index is 0. The number of hydrogen-bond donors (Lipinski definition) is 0. The van der Waals surface area contributed by atoms with Gasteiger partial charge in [0, 0.05) is 48.9 Å². The second-order valence-corrected chi connectivity index (χ2v) is 7.79. The molecule has 0 heterocycles. The van der Waals surface area contributed by atoms with E-state index < -0.39 is 0 Å². The molecule has 0 bridgehead atoms. The van der Waals surface area contributed by atoms with Crippen molar-refractivity contribution in [3.05, 3.63) is 75.7 Å². The normalized spacial score (nSPS) is 17.0. The Morgan fingerprint density at radius 1 is 1.12 bits per heavy atom. The van der Waals surface area contributed by atoms with Gasteiger partial charge in [-0.2, -0.15) is 23.8 Å². The van der Waals surface area contributed by atoms with Crippen molar-refractivity contribution in [2.45, 2.75) is 38.5 Å². The average molecular weight is 438 g/mol. The Morgan fingerprint density at radius 3 is 2.50 bits per heavy atom. The molecule has 26 heavy (non-hydrogen) atoms. The van der Waals surface area contributed by atoms with Gasteiger partial charge in [0.2, 0.25) is 0 Å². The fourth-order valence-corrected chi connectivity index (χ4v) is 4.36. The van der Waals surface area contributed by atoms with Gasteiger partial charge in [-0.3, -0.25) is 9.59 Å². The molecule has 0 saturated carbocycles. The van der Waals surface area contributed by atoms with Crippen LogP contribution in [0.25, 0.3) is 0 Å². The van der Waals surface area contributed by atoms with Crippen molar-refractivity contribution in [3.8, 4) is 0 Å². The summed E-state index contributed by atoms with van der Waals surface area (Å²) in [6.45, 7) is 5.92. The molecule has 2 nitrogen and oxygen atoms in total. The van der Waals surface area contributed by atoms with Crippen molar-refractivity contribution >= 4 is 23.3 Å². The summed E-state index contributed by atoms with van der Waals surface area (Å²) in [5.74, 6) is 0.0826. The first-order valence-electron chi connectivity index (χ1n) is 8.49. The fourth-order valence-electron chi connectivity index (χ4n) is 3.11. The molecule has 0 aromatic heterocycles. The maximum absolute atomic E-state index is 13.2. The molecule has 1 aliphatic rings. The molecule has 0 fully saturated rings. The molecule has 0 saturated heterocycles. The third-order valence-electron chi connectivity index (χ3n) is 4.60. The smallest absolute Gasteiger partial charge is 0.173 e. The van der Waals surface area contributed by atoms with E-state index in [-0.39, 0.29) is 50.2 Å². The first-order chi connectivity index (χ1) is 12.0. The topological polar surface area (TPSA) is 34.1 Å². The number of hydrogen-bond acceptors (Lipinski definition) is 3. The van der Waals surface area contributed by atoms with Crippen LogP contribution in [-0.4, -0.2) is 11.6 Å². The van der Waals surface area contributed by atoms with Gasteiger partial charge in [-0.05, 0) is 24.5 Å². The zero-order valence-electron chi connectivity index (χ0n) is 15.3. The third kappa shape index (κ3) is 4.63. The number of Topliss-reactive ketones (excluding diaryl/α,β-unsaturated/α-hetero) is 2. The maximum atomic E-state index is 13.2. The molecule has 131 valence electrons. The maximum Gasteiger partial charge on any atom is 0.173 e. The monoisotopic (exact) mass is 438 g/mol. The van der Waals surface area contributed by atoms with E-state index >= 15 is 0 Å². The molecule has 2 aromatic carbocycles. The Hall–Kier alpha value is -1.03. The van der Waals surface area contributed by atoms with Crippen LogP contribution in [0.15, 0.2) is 57.8 Å². The SMILES string of the molecule is Cc1[c-]ccc(C(=O)C2=C(Sc3ccccc3)CC(C)CC2=O)c1C.[Y].